The quantitative estimate of drug-likeness (QED) is 0.0261. The zero-order valence-corrected chi connectivity index (χ0v) is 51.3. The number of ether oxygens (including phenoxy) is 3. The molecule has 0 fully saturated rings. The Balaban J connectivity index is 4.17. The van der Waals surface area contributed by atoms with Crippen LogP contribution in [0.25, 0.3) is 0 Å². The molecule has 0 aromatic rings. The van der Waals surface area contributed by atoms with Crippen LogP contribution in [0.5, 0.6) is 0 Å². The maximum atomic E-state index is 12.9. The van der Waals surface area contributed by atoms with Gasteiger partial charge >= 0.3 is 17.9 Å². The van der Waals surface area contributed by atoms with E-state index in [1.165, 1.54) is 257 Å². The summed E-state index contributed by atoms with van der Waals surface area (Å²) in [6.45, 7) is 6.66. The molecule has 0 aromatic heterocycles. The van der Waals surface area contributed by atoms with Crippen LogP contribution in [-0.4, -0.2) is 37.2 Å². The van der Waals surface area contributed by atoms with E-state index in [0.29, 0.717) is 19.3 Å². The topological polar surface area (TPSA) is 78.9 Å². The van der Waals surface area contributed by atoms with E-state index in [-0.39, 0.29) is 31.1 Å². The Labute approximate surface area is 474 Å². The van der Waals surface area contributed by atoms with Crippen molar-refractivity contribution in [3.8, 4) is 0 Å². The maximum Gasteiger partial charge on any atom is 0.306 e. The molecule has 0 aliphatic rings. The Morgan fingerprint density at radius 3 is 0.763 bits per heavy atom. The van der Waals surface area contributed by atoms with Crippen molar-refractivity contribution in [1.82, 2.24) is 0 Å². The van der Waals surface area contributed by atoms with Gasteiger partial charge in [0, 0.05) is 19.3 Å². The Morgan fingerprint density at radius 2 is 0.474 bits per heavy atom. The van der Waals surface area contributed by atoms with Gasteiger partial charge in [0.15, 0.2) is 6.10 Å². The lowest BCUT2D eigenvalue weighted by atomic mass is 10.0. The third-order valence-corrected chi connectivity index (χ3v) is 15.4. The van der Waals surface area contributed by atoms with E-state index in [1.807, 2.05) is 0 Å². The van der Waals surface area contributed by atoms with Crippen molar-refractivity contribution in [2.75, 3.05) is 13.2 Å². The highest BCUT2D eigenvalue weighted by Crippen LogP contribution is 2.18. The summed E-state index contributed by atoms with van der Waals surface area (Å²) in [7, 11) is 0. The molecule has 6 heteroatoms. The molecule has 1 atom stereocenters. The number of carbonyl (C=O) groups is 3. The average Bonchev–Trinajstić information content (AvgIpc) is 3.42. The molecule has 6 nitrogen and oxygen atoms in total. The third kappa shape index (κ3) is 62.5. The van der Waals surface area contributed by atoms with Gasteiger partial charge in [0.05, 0.1) is 0 Å². The molecule has 0 spiro atoms. The van der Waals surface area contributed by atoms with Gasteiger partial charge in [0.2, 0.25) is 0 Å². The van der Waals surface area contributed by atoms with Crippen molar-refractivity contribution >= 4 is 17.9 Å². The van der Waals surface area contributed by atoms with Crippen LogP contribution < -0.4 is 0 Å². The van der Waals surface area contributed by atoms with Crippen LogP contribution in [-0.2, 0) is 28.6 Å². The van der Waals surface area contributed by atoms with Gasteiger partial charge in [0.25, 0.3) is 0 Å². The number of allylic oxidation sites excluding steroid dienone is 6. The van der Waals surface area contributed by atoms with Gasteiger partial charge in [-0.3, -0.25) is 14.4 Å². The fourth-order valence-electron chi connectivity index (χ4n) is 10.3. The minimum Gasteiger partial charge on any atom is -0.462 e. The number of hydrogen-bond donors (Lipinski definition) is 0. The zero-order chi connectivity index (χ0) is 55.0. The second-order valence-electron chi connectivity index (χ2n) is 23.1. The Morgan fingerprint density at radius 1 is 0.263 bits per heavy atom. The summed E-state index contributed by atoms with van der Waals surface area (Å²) in [4.78, 5) is 38.3. The minimum atomic E-state index is -0.776. The first-order valence-electron chi connectivity index (χ1n) is 34.0. The van der Waals surface area contributed by atoms with Crippen LogP contribution in [0, 0.1) is 0 Å². The second-order valence-corrected chi connectivity index (χ2v) is 23.1. The predicted octanol–water partition coefficient (Wildman–Crippen LogP) is 23.2. The summed E-state index contributed by atoms with van der Waals surface area (Å²) < 4.78 is 16.9. The van der Waals surface area contributed by atoms with Crippen LogP contribution in [0.1, 0.15) is 374 Å². The van der Waals surface area contributed by atoms with Crippen molar-refractivity contribution in [3.63, 3.8) is 0 Å². The highest BCUT2D eigenvalue weighted by molar-refractivity contribution is 5.71. The van der Waals surface area contributed by atoms with Crippen molar-refractivity contribution in [1.29, 1.82) is 0 Å². The van der Waals surface area contributed by atoms with E-state index in [4.69, 9.17) is 14.2 Å². The zero-order valence-electron chi connectivity index (χ0n) is 51.3. The van der Waals surface area contributed by atoms with Crippen LogP contribution in [0.3, 0.4) is 0 Å². The minimum absolute atomic E-state index is 0.0723. The van der Waals surface area contributed by atoms with Crippen molar-refractivity contribution in [2.45, 2.75) is 380 Å². The smallest absolute Gasteiger partial charge is 0.306 e. The number of rotatable bonds is 63. The molecule has 1 unspecified atom stereocenters. The Bertz CT molecular complexity index is 1270. The molecule has 446 valence electrons. The number of carbonyl (C=O) groups excluding carboxylic acids is 3. The monoisotopic (exact) mass is 1070 g/mol. The summed E-state index contributed by atoms with van der Waals surface area (Å²) in [5.74, 6) is -0.861. The van der Waals surface area contributed by atoms with E-state index in [0.717, 1.165) is 77.0 Å². The van der Waals surface area contributed by atoms with Crippen LogP contribution in [0.4, 0.5) is 0 Å². The molecule has 0 aliphatic heterocycles. The summed E-state index contributed by atoms with van der Waals surface area (Å²) in [5, 5.41) is 0. The SMILES string of the molecule is CCCCC/C=C\C/C=C\C/C=C\CCCCCCCCC(=O)OC(COC(=O)CCCCCCCCCCCCC)COC(=O)CCCCCCCCCCCCCCCCCCCCCCCCCCCCCC. The number of hydrogen-bond acceptors (Lipinski definition) is 6. The summed E-state index contributed by atoms with van der Waals surface area (Å²) in [5.41, 5.74) is 0. The van der Waals surface area contributed by atoms with Crippen LogP contribution in [0.2, 0.25) is 0 Å². The number of esters is 3. The third-order valence-electron chi connectivity index (χ3n) is 15.4. The van der Waals surface area contributed by atoms with Gasteiger partial charge in [-0.15, -0.1) is 0 Å². The summed E-state index contributed by atoms with van der Waals surface area (Å²) >= 11 is 0. The Hall–Kier alpha value is -2.37. The van der Waals surface area contributed by atoms with E-state index >= 15 is 0 Å². The van der Waals surface area contributed by atoms with Crippen LogP contribution in [0.15, 0.2) is 36.5 Å². The molecular formula is C70H130O6. The highest BCUT2D eigenvalue weighted by Gasteiger charge is 2.19. The molecular weight excluding hydrogens is 937 g/mol. The van der Waals surface area contributed by atoms with Gasteiger partial charge < -0.3 is 14.2 Å². The molecule has 0 bridgehead atoms. The lowest BCUT2D eigenvalue weighted by Gasteiger charge is -2.18. The van der Waals surface area contributed by atoms with Gasteiger partial charge in [-0.25, -0.2) is 0 Å². The first-order chi connectivity index (χ1) is 37.5. The average molecular weight is 1070 g/mol. The highest BCUT2D eigenvalue weighted by atomic mass is 16.6. The van der Waals surface area contributed by atoms with Crippen molar-refractivity contribution in [2.24, 2.45) is 0 Å². The lowest BCUT2D eigenvalue weighted by molar-refractivity contribution is -0.167. The second kappa shape index (κ2) is 65.2. The van der Waals surface area contributed by atoms with Gasteiger partial charge in [0.1, 0.15) is 13.2 Å². The first-order valence-corrected chi connectivity index (χ1v) is 34.0. The van der Waals surface area contributed by atoms with Gasteiger partial charge in [-0.2, -0.15) is 0 Å². The largest absolute Gasteiger partial charge is 0.462 e. The lowest BCUT2D eigenvalue weighted by Crippen LogP contribution is -2.30. The van der Waals surface area contributed by atoms with E-state index in [1.54, 1.807) is 0 Å². The number of unbranched alkanes of at least 4 members (excludes halogenated alkanes) is 46. The maximum absolute atomic E-state index is 12.9. The van der Waals surface area contributed by atoms with E-state index < -0.39 is 6.10 Å². The normalized spacial score (nSPS) is 12.2. The molecule has 0 amide bonds. The van der Waals surface area contributed by atoms with E-state index in [2.05, 4.69) is 57.2 Å². The molecule has 0 aliphatic carbocycles. The Kier molecular flexibility index (Phi) is 63.1. The molecule has 0 rings (SSSR count). The van der Waals surface area contributed by atoms with E-state index in [9.17, 15) is 14.4 Å². The van der Waals surface area contributed by atoms with Gasteiger partial charge in [-0.05, 0) is 57.8 Å². The van der Waals surface area contributed by atoms with Crippen molar-refractivity contribution in [3.05, 3.63) is 36.5 Å². The molecule has 0 saturated heterocycles. The first kappa shape index (κ1) is 73.6. The summed E-state index contributed by atoms with van der Waals surface area (Å²) in [6.07, 6.45) is 80.3. The fraction of sp³-hybridized carbons (Fsp3) is 0.871. The standard InChI is InChI=1S/C70H130O6/c1-4-7-10-13-16-19-22-24-26-28-30-31-32-33-34-35-36-37-38-40-41-43-45-48-51-54-57-60-63-69(72)75-66-67(65-74-68(71)62-59-56-53-50-47-21-18-15-12-9-6-3)76-70(73)64-61-58-55-52-49-46-44-42-39-29-27-25-23-20-17-14-11-8-5-2/h17,20,25,27,39,42,67H,4-16,18-19,21-24,26,28-38,40-41,43-66H2,1-3H3/b20-17-,27-25-,42-39-. The predicted molar refractivity (Wildman–Crippen MR) is 330 cm³/mol. The molecule has 76 heavy (non-hydrogen) atoms. The molecule has 0 heterocycles. The molecule has 0 radical (unpaired) electrons. The molecule has 0 saturated carbocycles. The van der Waals surface area contributed by atoms with Crippen molar-refractivity contribution < 1.29 is 28.6 Å². The molecule has 0 aromatic carbocycles. The molecule has 0 N–H and O–H groups in total. The van der Waals surface area contributed by atoms with Gasteiger partial charge in [-0.1, -0.05) is 333 Å². The fourth-order valence-corrected chi connectivity index (χ4v) is 10.3. The van der Waals surface area contributed by atoms with Crippen LogP contribution >= 0.6 is 0 Å². The summed E-state index contributed by atoms with van der Waals surface area (Å²) in [6, 6.07) is 0.